The fraction of sp³-hybridized carbons (Fsp3) is 0.250. The van der Waals surface area contributed by atoms with Gasteiger partial charge in [-0.05, 0) is 18.6 Å². The summed E-state index contributed by atoms with van der Waals surface area (Å²) in [5.74, 6) is 0.932. The molecule has 0 saturated carbocycles. The molecule has 0 aliphatic carbocycles. The molecule has 0 radical (unpaired) electrons. The van der Waals surface area contributed by atoms with Crippen molar-refractivity contribution < 1.29 is 4.79 Å². The highest BCUT2D eigenvalue weighted by atomic mass is 16.1. The number of carbonyl (C=O) groups is 1. The Hall–Kier alpha value is -2.96. The lowest BCUT2D eigenvalue weighted by Crippen LogP contribution is -2.30. The molecule has 116 valence electrons. The number of rotatable bonds is 3. The number of anilines is 1. The van der Waals surface area contributed by atoms with Crippen LogP contribution in [0.2, 0.25) is 0 Å². The minimum Gasteiger partial charge on any atom is -0.335 e. The molecule has 3 heterocycles. The molecule has 0 fully saturated rings. The Morgan fingerprint density at radius 3 is 3.00 bits per heavy atom. The quantitative estimate of drug-likeness (QED) is 0.798. The fourth-order valence-electron chi connectivity index (χ4n) is 2.93. The highest BCUT2D eigenvalue weighted by Crippen LogP contribution is 2.23. The third kappa shape index (κ3) is 2.61. The molecule has 0 spiro atoms. The summed E-state index contributed by atoms with van der Waals surface area (Å²) in [4.78, 5) is 16.9. The van der Waals surface area contributed by atoms with Gasteiger partial charge in [-0.3, -0.25) is 4.79 Å². The van der Waals surface area contributed by atoms with Crippen LogP contribution < -0.4 is 5.32 Å². The summed E-state index contributed by atoms with van der Waals surface area (Å²) in [6.45, 7) is 0.831. The number of aromatic nitrogens is 5. The van der Waals surface area contributed by atoms with E-state index in [1.807, 2.05) is 30.5 Å². The normalized spacial score (nSPS) is 16.8. The molecule has 1 aliphatic heterocycles. The smallest absolute Gasteiger partial charge is 0.228 e. The van der Waals surface area contributed by atoms with Crippen molar-refractivity contribution in [1.82, 2.24) is 24.5 Å². The number of nitrogens with one attached hydrogen (secondary N) is 1. The van der Waals surface area contributed by atoms with E-state index in [1.165, 1.54) is 0 Å². The van der Waals surface area contributed by atoms with Gasteiger partial charge < -0.3 is 9.88 Å². The molecule has 0 saturated heterocycles. The van der Waals surface area contributed by atoms with E-state index >= 15 is 0 Å². The van der Waals surface area contributed by atoms with Crippen LogP contribution in [0.15, 0.2) is 49.1 Å². The molecule has 7 heteroatoms. The summed E-state index contributed by atoms with van der Waals surface area (Å²) in [6.07, 6.45) is 8.60. The Balaban J connectivity index is 1.54. The summed E-state index contributed by atoms with van der Waals surface area (Å²) >= 11 is 0. The Bertz CT molecular complexity index is 823. The summed E-state index contributed by atoms with van der Waals surface area (Å²) < 4.78 is 3.75. The first-order valence-corrected chi connectivity index (χ1v) is 7.58. The van der Waals surface area contributed by atoms with E-state index in [2.05, 4.69) is 25.2 Å². The van der Waals surface area contributed by atoms with Crippen LogP contribution >= 0.6 is 0 Å². The number of hydrogen-bond donors (Lipinski definition) is 1. The van der Waals surface area contributed by atoms with Gasteiger partial charge in [-0.25, -0.2) is 9.67 Å². The van der Waals surface area contributed by atoms with Gasteiger partial charge in [0.1, 0.15) is 5.82 Å². The highest BCUT2D eigenvalue weighted by molar-refractivity contribution is 5.94. The van der Waals surface area contributed by atoms with Gasteiger partial charge in [0, 0.05) is 31.3 Å². The molecule has 1 N–H and O–H groups in total. The van der Waals surface area contributed by atoms with E-state index in [1.54, 1.807) is 23.3 Å². The number of carbonyl (C=O) groups excluding carboxylic acids is 1. The van der Waals surface area contributed by atoms with Crippen LogP contribution in [-0.4, -0.2) is 30.5 Å². The lowest BCUT2D eigenvalue weighted by Gasteiger charge is -2.23. The lowest BCUT2D eigenvalue weighted by atomic mass is 9.96. The number of para-hydroxylation sites is 2. The highest BCUT2D eigenvalue weighted by Gasteiger charge is 2.25. The van der Waals surface area contributed by atoms with E-state index in [4.69, 9.17) is 0 Å². The first kappa shape index (κ1) is 13.7. The molecular formula is C16H16N6O. The second kappa shape index (κ2) is 5.68. The molecule has 0 bridgehead atoms. The number of benzene rings is 1. The maximum atomic E-state index is 12.6. The van der Waals surface area contributed by atoms with Crippen molar-refractivity contribution in [3.63, 3.8) is 0 Å². The molecule has 1 amide bonds. The molecule has 23 heavy (non-hydrogen) atoms. The average molecular weight is 308 g/mol. The monoisotopic (exact) mass is 308 g/mol. The Kier molecular flexibility index (Phi) is 3.38. The summed E-state index contributed by atoms with van der Waals surface area (Å²) in [6, 6.07) is 7.57. The third-order valence-corrected chi connectivity index (χ3v) is 4.15. The van der Waals surface area contributed by atoms with Gasteiger partial charge in [0.2, 0.25) is 5.91 Å². The van der Waals surface area contributed by atoms with Gasteiger partial charge in [0.15, 0.2) is 0 Å². The Labute approximate surface area is 133 Å². The number of aryl methyl sites for hydroxylation is 1. The number of fused-ring (bicyclic) bond motifs is 1. The van der Waals surface area contributed by atoms with Crippen molar-refractivity contribution in [3.8, 4) is 5.69 Å². The molecule has 2 aromatic heterocycles. The fourth-order valence-corrected chi connectivity index (χ4v) is 2.93. The van der Waals surface area contributed by atoms with Crippen LogP contribution in [0.4, 0.5) is 5.69 Å². The molecule has 1 unspecified atom stereocenters. The van der Waals surface area contributed by atoms with Crippen LogP contribution in [0, 0.1) is 5.92 Å². The van der Waals surface area contributed by atoms with Crippen LogP contribution in [0.25, 0.3) is 5.69 Å². The molecular weight excluding hydrogens is 292 g/mol. The van der Waals surface area contributed by atoms with Gasteiger partial charge in [-0.2, -0.15) is 0 Å². The molecule has 1 aromatic carbocycles. The van der Waals surface area contributed by atoms with Crippen molar-refractivity contribution >= 4 is 11.6 Å². The van der Waals surface area contributed by atoms with Crippen LogP contribution in [-0.2, 0) is 17.8 Å². The second-order valence-electron chi connectivity index (χ2n) is 5.58. The average Bonchev–Trinajstić information content (AvgIpc) is 3.26. The van der Waals surface area contributed by atoms with E-state index in [-0.39, 0.29) is 11.8 Å². The van der Waals surface area contributed by atoms with Crippen molar-refractivity contribution in [2.45, 2.75) is 19.4 Å². The summed E-state index contributed by atoms with van der Waals surface area (Å²) in [5.41, 5.74) is 1.53. The standard InChI is InChI=1S/C16H16N6O/c23-16(12-5-8-21-9-6-17-15(21)11-12)19-13-3-1-2-4-14(13)22-10-7-18-20-22/h1-4,6-7,9-10,12H,5,8,11H2,(H,19,23). The Morgan fingerprint density at radius 2 is 2.13 bits per heavy atom. The summed E-state index contributed by atoms with van der Waals surface area (Å²) in [7, 11) is 0. The first-order chi connectivity index (χ1) is 11.3. The van der Waals surface area contributed by atoms with Crippen LogP contribution in [0.5, 0.6) is 0 Å². The zero-order chi connectivity index (χ0) is 15.6. The minimum absolute atomic E-state index is 0.0202. The maximum Gasteiger partial charge on any atom is 0.228 e. The predicted octanol–water partition coefficient (Wildman–Crippen LogP) is 1.66. The van der Waals surface area contributed by atoms with Crippen molar-refractivity contribution in [3.05, 3.63) is 54.9 Å². The van der Waals surface area contributed by atoms with Crippen LogP contribution in [0.1, 0.15) is 12.2 Å². The van der Waals surface area contributed by atoms with Crippen molar-refractivity contribution in [1.29, 1.82) is 0 Å². The largest absolute Gasteiger partial charge is 0.335 e. The van der Waals surface area contributed by atoms with E-state index < -0.39 is 0 Å². The minimum atomic E-state index is -0.0614. The topological polar surface area (TPSA) is 77.6 Å². The van der Waals surface area contributed by atoms with E-state index in [0.717, 1.165) is 30.2 Å². The van der Waals surface area contributed by atoms with Crippen molar-refractivity contribution in [2.75, 3.05) is 5.32 Å². The zero-order valence-corrected chi connectivity index (χ0v) is 12.5. The lowest BCUT2D eigenvalue weighted by molar-refractivity contribution is -0.120. The first-order valence-electron chi connectivity index (χ1n) is 7.58. The third-order valence-electron chi connectivity index (χ3n) is 4.15. The maximum absolute atomic E-state index is 12.6. The Morgan fingerprint density at radius 1 is 1.22 bits per heavy atom. The van der Waals surface area contributed by atoms with Gasteiger partial charge in [0.05, 0.1) is 23.8 Å². The number of nitrogens with zero attached hydrogens (tertiary/aromatic N) is 5. The molecule has 7 nitrogen and oxygen atoms in total. The van der Waals surface area contributed by atoms with Gasteiger partial charge in [-0.1, -0.05) is 17.3 Å². The van der Waals surface area contributed by atoms with E-state index in [9.17, 15) is 4.79 Å². The van der Waals surface area contributed by atoms with Gasteiger partial charge >= 0.3 is 0 Å². The predicted molar refractivity (Wildman–Crippen MR) is 84.0 cm³/mol. The van der Waals surface area contributed by atoms with E-state index in [0.29, 0.717) is 6.42 Å². The molecule has 1 aliphatic rings. The summed E-state index contributed by atoms with van der Waals surface area (Å²) in [5, 5.41) is 10.8. The number of imidazole rings is 1. The molecule has 1 atom stereocenters. The SMILES string of the molecule is O=C(Nc1ccccc1-n1ccnn1)C1CCn2ccnc2C1. The van der Waals surface area contributed by atoms with Crippen LogP contribution in [0.3, 0.4) is 0 Å². The number of amides is 1. The van der Waals surface area contributed by atoms with Gasteiger partial charge in [0.25, 0.3) is 0 Å². The molecule has 3 aromatic rings. The zero-order valence-electron chi connectivity index (χ0n) is 12.5. The van der Waals surface area contributed by atoms with Gasteiger partial charge in [-0.15, -0.1) is 5.10 Å². The molecule has 4 rings (SSSR count). The second-order valence-corrected chi connectivity index (χ2v) is 5.58. The number of hydrogen-bond acceptors (Lipinski definition) is 4. The van der Waals surface area contributed by atoms with Crippen molar-refractivity contribution in [2.24, 2.45) is 5.92 Å².